The smallest absolute Gasteiger partial charge is 0.000772 e. The summed E-state index contributed by atoms with van der Waals surface area (Å²) < 4.78 is 0. The second-order valence-corrected chi connectivity index (χ2v) is 4.69. The Morgan fingerprint density at radius 1 is 1.31 bits per heavy atom. The lowest BCUT2D eigenvalue weighted by molar-refractivity contribution is 0.381. The molecule has 0 aromatic carbocycles. The third-order valence-electron chi connectivity index (χ3n) is 3.17. The molecule has 2 heteroatoms. The molecule has 0 saturated heterocycles. The molecule has 1 fully saturated rings. The van der Waals surface area contributed by atoms with E-state index < -0.39 is 0 Å². The molecule has 0 atom stereocenters. The van der Waals surface area contributed by atoms with E-state index in [0.717, 1.165) is 0 Å². The van der Waals surface area contributed by atoms with E-state index in [1.807, 2.05) is 0 Å². The summed E-state index contributed by atoms with van der Waals surface area (Å²) >= 11 is 0. The fourth-order valence-corrected chi connectivity index (χ4v) is 1.71. The number of nitrogens with zero attached hydrogens (tertiary/aromatic N) is 1. The molecule has 0 heterocycles. The second-order valence-electron chi connectivity index (χ2n) is 4.69. The highest BCUT2D eigenvalue weighted by molar-refractivity contribution is 4.93. The average Bonchev–Trinajstić information content (AvgIpc) is 2.84. The first-order chi connectivity index (χ1) is 6.18. The molecule has 78 valence electrons. The van der Waals surface area contributed by atoms with E-state index in [-0.39, 0.29) is 0 Å². The minimum absolute atomic E-state index is 0.706. The van der Waals surface area contributed by atoms with Crippen molar-refractivity contribution in [3.05, 3.63) is 0 Å². The van der Waals surface area contributed by atoms with Gasteiger partial charge in [0.15, 0.2) is 0 Å². The van der Waals surface area contributed by atoms with E-state index >= 15 is 0 Å². The summed E-state index contributed by atoms with van der Waals surface area (Å²) in [5.41, 5.74) is 0.706. The van der Waals surface area contributed by atoms with Crippen molar-refractivity contribution in [1.82, 2.24) is 10.2 Å². The van der Waals surface area contributed by atoms with Crippen molar-refractivity contribution in [3.63, 3.8) is 0 Å². The van der Waals surface area contributed by atoms with Crippen LogP contribution in [-0.4, -0.2) is 38.6 Å². The van der Waals surface area contributed by atoms with Crippen LogP contribution in [0, 0.1) is 5.41 Å². The molecule has 0 unspecified atom stereocenters. The Hall–Kier alpha value is -0.0800. The van der Waals surface area contributed by atoms with Crippen molar-refractivity contribution in [2.24, 2.45) is 5.41 Å². The van der Waals surface area contributed by atoms with Crippen molar-refractivity contribution in [2.45, 2.75) is 32.6 Å². The largest absolute Gasteiger partial charge is 0.316 e. The van der Waals surface area contributed by atoms with Crippen LogP contribution in [0.4, 0.5) is 0 Å². The van der Waals surface area contributed by atoms with Crippen LogP contribution >= 0.6 is 0 Å². The maximum Gasteiger partial charge on any atom is 0.000772 e. The lowest BCUT2D eigenvalue weighted by Gasteiger charge is -2.14. The van der Waals surface area contributed by atoms with Gasteiger partial charge in [0.2, 0.25) is 0 Å². The van der Waals surface area contributed by atoms with E-state index in [9.17, 15) is 0 Å². The van der Waals surface area contributed by atoms with Crippen LogP contribution in [0.3, 0.4) is 0 Å². The molecule has 0 aromatic rings. The Morgan fingerprint density at radius 2 is 2.00 bits per heavy atom. The van der Waals surface area contributed by atoms with Crippen LogP contribution < -0.4 is 5.32 Å². The number of rotatable bonds is 7. The molecule has 13 heavy (non-hydrogen) atoms. The van der Waals surface area contributed by atoms with Gasteiger partial charge >= 0.3 is 0 Å². The third-order valence-corrected chi connectivity index (χ3v) is 3.17. The maximum absolute atomic E-state index is 3.57. The van der Waals surface area contributed by atoms with Gasteiger partial charge in [0.1, 0.15) is 0 Å². The van der Waals surface area contributed by atoms with Crippen LogP contribution in [0.5, 0.6) is 0 Å². The van der Waals surface area contributed by atoms with Gasteiger partial charge in [-0.2, -0.15) is 0 Å². The SMILES string of the molecule is CCC1(CNCCCN(C)C)CC1. The summed E-state index contributed by atoms with van der Waals surface area (Å²) in [6.07, 6.45) is 5.52. The molecule has 0 radical (unpaired) electrons. The van der Waals surface area contributed by atoms with Gasteiger partial charge in [-0.15, -0.1) is 0 Å². The van der Waals surface area contributed by atoms with Gasteiger partial charge in [0.25, 0.3) is 0 Å². The lowest BCUT2D eigenvalue weighted by atomic mass is 10.0. The highest BCUT2D eigenvalue weighted by Crippen LogP contribution is 2.47. The Labute approximate surface area is 82.7 Å². The molecule has 1 saturated carbocycles. The monoisotopic (exact) mass is 184 g/mol. The zero-order valence-corrected chi connectivity index (χ0v) is 9.40. The number of hydrogen-bond acceptors (Lipinski definition) is 2. The van der Waals surface area contributed by atoms with Crippen molar-refractivity contribution in [3.8, 4) is 0 Å². The van der Waals surface area contributed by atoms with Gasteiger partial charge in [-0.1, -0.05) is 6.92 Å². The minimum atomic E-state index is 0.706. The van der Waals surface area contributed by atoms with Gasteiger partial charge in [-0.3, -0.25) is 0 Å². The summed E-state index contributed by atoms with van der Waals surface area (Å²) in [4.78, 5) is 2.24. The molecule has 0 amide bonds. The van der Waals surface area contributed by atoms with E-state index in [1.54, 1.807) is 0 Å². The zero-order valence-electron chi connectivity index (χ0n) is 9.40. The van der Waals surface area contributed by atoms with Crippen LogP contribution in [0.15, 0.2) is 0 Å². The second kappa shape index (κ2) is 4.97. The van der Waals surface area contributed by atoms with Crippen LogP contribution in [0.1, 0.15) is 32.6 Å². The van der Waals surface area contributed by atoms with E-state index in [4.69, 9.17) is 0 Å². The van der Waals surface area contributed by atoms with Crippen LogP contribution in [0.2, 0.25) is 0 Å². The van der Waals surface area contributed by atoms with Crippen LogP contribution in [0.25, 0.3) is 0 Å². The van der Waals surface area contributed by atoms with Gasteiger partial charge < -0.3 is 10.2 Å². The first-order valence-electron chi connectivity index (χ1n) is 5.54. The Kier molecular flexibility index (Phi) is 4.20. The fraction of sp³-hybridized carbons (Fsp3) is 1.00. The molecule has 0 bridgehead atoms. The molecular weight excluding hydrogens is 160 g/mol. The van der Waals surface area contributed by atoms with Gasteiger partial charge in [0.05, 0.1) is 0 Å². The van der Waals surface area contributed by atoms with Crippen molar-refractivity contribution in [2.75, 3.05) is 33.7 Å². The fourth-order valence-electron chi connectivity index (χ4n) is 1.71. The molecule has 1 N–H and O–H groups in total. The summed E-state index contributed by atoms with van der Waals surface area (Å²) in [6, 6.07) is 0. The molecule has 1 aliphatic carbocycles. The molecule has 0 aromatic heterocycles. The summed E-state index contributed by atoms with van der Waals surface area (Å²) in [7, 11) is 4.27. The quantitative estimate of drug-likeness (QED) is 0.606. The topological polar surface area (TPSA) is 15.3 Å². The molecular formula is C11H24N2. The van der Waals surface area contributed by atoms with Crippen molar-refractivity contribution >= 4 is 0 Å². The first kappa shape index (κ1) is 11.0. The number of nitrogens with one attached hydrogen (secondary N) is 1. The van der Waals surface area contributed by atoms with Crippen molar-refractivity contribution < 1.29 is 0 Å². The first-order valence-corrected chi connectivity index (χ1v) is 5.54. The Bertz CT molecular complexity index is 139. The van der Waals surface area contributed by atoms with E-state index in [2.05, 4.69) is 31.2 Å². The summed E-state index contributed by atoms with van der Waals surface area (Å²) in [6.45, 7) is 5.94. The van der Waals surface area contributed by atoms with E-state index in [0.29, 0.717) is 5.41 Å². The predicted molar refractivity (Wildman–Crippen MR) is 58.0 cm³/mol. The van der Waals surface area contributed by atoms with Crippen LogP contribution in [-0.2, 0) is 0 Å². The van der Waals surface area contributed by atoms with Gasteiger partial charge in [-0.05, 0) is 58.3 Å². The van der Waals surface area contributed by atoms with Gasteiger partial charge in [-0.25, -0.2) is 0 Å². The lowest BCUT2D eigenvalue weighted by Crippen LogP contribution is -2.26. The minimum Gasteiger partial charge on any atom is -0.316 e. The number of hydrogen-bond donors (Lipinski definition) is 1. The molecule has 0 aliphatic heterocycles. The standard InChI is InChI=1S/C11H24N2/c1-4-11(6-7-11)10-12-8-5-9-13(2)3/h12H,4-10H2,1-3H3. The van der Waals surface area contributed by atoms with Crippen molar-refractivity contribution in [1.29, 1.82) is 0 Å². The van der Waals surface area contributed by atoms with E-state index in [1.165, 1.54) is 45.3 Å². The highest BCUT2D eigenvalue weighted by atomic mass is 15.1. The third kappa shape index (κ3) is 4.10. The predicted octanol–water partition coefficient (Wildman–Crippen LogP) is 1.72. The summed E-state index contributed by atoms with van der Waals surface area (Å²) in [5, 5.41) is 3.57. The van der Waals surface area contributed by atoms with Gasteiger partial charge in [0, 0.05) is 6.54 Å². The Balaban J connectivity index is 1.90. The molecule has 0 spiro atoms. The molecule has 2 nitrogen and oxygen atoms in total. The molecule has 1 aliphatic rings. The normalized spacial score (nSPS) is 19.4. The molecule has 1 rings (SSSR count). The highest BCUT2D eigenvalue weighted by Gasteiger charge is 2.39. The zero-order chi connectivity index (χ0) is 9.73. The average molecular weight is 184 g/mol. The Morgan fingerprint density at radius 3 is 2.46 bits per heavy atom. The summed E-state index contributed by atoms with van der Waals surface area (Å²) in [5.74, 6) is 0. The maximum atomic E-state index is 3.57.